The van der Waals surface area contributed by atoms with Crippen LogP contribution in [0.5, 0.6) is 5.75 Å². The summed E-state index contributed by atoms with van der Waals surface area (Å²) in [5.74, 6) is 1.71. The Morgan fingerprint density at radius 1 is 1.27 bits per heavy atom. The van der Waals surface area contributed by atoms with E-state index in [-0.39, 0.29) is 18.5 Å². The molecule has 1 aliphatic rings. The fourth-order valence-corrected chi connectivity index (χ4v) is 2.69. The third-order valence-electron chi connectivity index (χ3n) is 4.34. The number of hydrogen-bond donors (Lipinski definition) is 3. The number of ether oxygens (including phenoxy) is 1. The molecule has 0 aliphatic carbocycles. The fraction of sp³-hybridized carbons (Fsp3) is 0.500. The smallest absolute Gasteiger partial charge is 0.324 e. The first kappa shape index (κ1) is 19.6. The molecule has 0 radical (unpaired) electrons. The van der Waals surface area contributed by atoms with Crippen LogP contribution in [0.1, 0.15) is 24.8 Å². The normalized spacial score (nSPS) is 15.7. The number of urea groups is 1. The van der Waals surface area contributed by atoms with Crippen molar-refractivity contribution in [2.45, 2.75) is 19.3 Å². The highest BCUT2D eigenvalue weighted by molar-refractivity contribution is 6.01. The zero-order chi connectivity index (χ0) is 18.9. The number of hydrogen-bond acceptors (Lipinski definition) is 4. The van der Waals surface area contributed by atoms with Crippen LogP contribution in [0.15, 0.2) is 29.3 Å². The van der Waals surface area contributed by atoms with E-state index in [4.69, 9.17) is 4.74 Å². The van der Waals surface area contributed by atoms with Crippen molar-refractivity contribution in [3.05, 3.63) is 29.8 Å². The van der Waals surface area contributed by atoms with Crippen LogP contribution in [0.2, 0.25) is 0 Å². The van der Waals surface area contributed by atoms with Gasteiger partial charge in [0.1, 0.15) is 5.75 Å². The minimum atomic E-state index is -0.340. The lowest BCUT2D eigenvalue weighted by Gasteiger charge is -2.17. The highest BCUT2D eigenvalue weighted by Gasteiger charge is 2.27. The number of amides is 3. The summed E-state index contributed by atoms with van der Waals surface area (Å²) in [5, 5.41) is 8.86. The Bertz CT molecular complexity index is 629. The van der Waals surface area contributed by atoms with Gasteiger partial charge in [-0.25, -0.2) is 4.79 Å². The van der Waals surface area contributed by atoms with Crippen molar-refractivity contribution in [3.8, 4) is 5.75 Å². The molecular formula is C18H27N5O3. The topological polar surface area (TPSA) is 95.1 Å². The molecule has 0 aromatic heterocycles. The zero-order valence-electron chi connectivity index (χ0n) is 15.5. The molecule has 1 unspecified atom stereocenters. The molecule has 8 heteroatoms. The number of nitrogens with zero attached hydrogens (tertiary/aromatic N) is 2. The van der Waals surface area contributed by atoms with E-state index in [9.17, 15) is 9.59 Å². The number of imide groups is 1. The van der Waals surface area contributed by atoms with Crippen molar-refractivity contribution in [3.63, 3.8) is 0 Å². The van der Waals surface area contributed by atoms with Crippen molar-refractivity contribution in [2.24, 2.45) is 4.99 Å². The van der Waals surface area contributed by atoms with Crippen LogP contribution < -0.4 is 20.7 Å². The molecule has 142 valence electrons. The van der Waals surface area contributed by atoms with Crippen LogP contribution >= 0.6 is 0 Å². The predicted molar refractivity (Wildman–Crippen MR) is 101 cm³/mol. The number of carbonyl (C=O) groups excluding carboxylic acids is 2. The first-order valence-electron chi connectivity index (χ1n) is 8.71. The molecule has 1 saturated heterocycles. The van der Waals surface area contributed by atoms with E-state index < -0.39 is 0 Å². The second kappa shape index (κ2) is 9.65. The quantitative estimate of drug-likeness (QED) is 0.363. The molecule has 1 aromatic rings. The Balaban J connectivity index is 1.69. The van der Waals surface area contributed by atoms with Crippen LogP contribution in [-0.4, -0.2) is 63.1 Å². The Morgan fingerprint density at radius 2 is 1.96 bits per heavy atom. The second-order valence-corrected chi connectivity index (χ2v) is 6.09. The molecule has 1 aromatic carbocycles. The summed E-state index contributed by atoms with van der Waals surface area (Å²) in [6.07, 6.45) is 0.944. The summed E-state index contributed by atoms with van der Waals surface area (Å²) >= 11 is 0. The largest absolute Gasteiger partial charge is 0.497 e. The zero-order valence-corrected chi connectivity index (χ0v) is 15.5. The van der Waals surface area contributed by atoms with Gasteiger partial charge in [-0.1, -0.05) is 19.1 Å². The van der Waals surface area contributed by atoms with E-state index in [1.54, 1.807) is 14.2 Å². The third kappa shape index (κ3) is 5.37. The van der Waals surface area contributed by atoms with E-state index in [2.05, 4.69) is 40.0 Å². The van der Waals surface area contributed by atoms with Gasteiger partial charge in [-0.3, -0.25) is 14.7 Å². The maximum atomic E-state index is 11.5. The average molecular weight is 361 g/mol. The summed E-state index contributed by atoms with van der Waals surface area (Å²) in [5.41, 5.74) is 1.26. The number of methoxy groups -OCH3 is 1. The van der Waals surface area contributed by atoms with E-state index in [0.717, 1.165) is 18.7 Å². The van der Waals surface area contributed by atoms with Crippen LogP contribution in [0.3, 0.4) is 0 Å². The maximum Gasteiger partial charge on any atom is 0.324 e. The van der Waals surface area contributed by atoms with Crippen LogP contribution in [-0.2, 0) is 4.79 Å². The van der Waals surface area contributed by atoms with Gasteiger partial charge < -0.3 is 20.7 Å². The minimum Gasteiger partial charge on any atom is -0.497 e. The van der Waals surface area contributed by atoms with Gasteiger partial charge in [0, 0.05) is 26.7 Å². The Kier molecular flexibility index (Phi) is 7.25. The number of guanidine groups is 1. The van der Waals surface area contributed by atoms with Crippen molar-refractivity contribution < 1.29 is 14.3 Å². The molecule has 3 N–H and O–H groups in total. The van der Waals surface area contributed by atoms with Crippen LogP contribution in [0, 0.1) is 0 Å². The molecule has 0 saturated carbocycles. The molecular weight excluding hydrogens is 334 g/mol. The number of carbonyl (C=O) groups is 2. The van der Waals surface area contributed by atoms with Crippen LogP contribution in [0.4, 0.5) is 4.79 Å². The van der Waals surface area contributed by atoms with E-state index in [0.29, 0.717) is 25.0 Å². The second-order valence-electron chi connectivity index (χ2n) is 6.09. The summed E-state index contributed by atoms with van der Waals surface area (Å²) < 4.78 is 5.18. The fourth-order valence-electron chi connectivity index (χ4n) is 2.69. The molecule has 1 aliphatic heterocycles. The molecule has 2 rings (SSSR count). The number of benzene rings is 1. The van der Waals surface area contributed by atoms with E-state index in [1.165, 1.54) is 10.5 Å². The minimum absolute atomic E-state index is 0.0784. The van der Waals surface area contributed by atoms with E-state index in [1.807, 2.05) is 12.1 Å². The lowest BCUT2D eigenvalue weighted by Crippen LogP contribution is -2.43. The number of nitrogens with one attached hydrogen (secondary N) is 3. The summed E-state index contributed by atoms with van der Waals surface area (Å²) in [4.78, 5) is 28.3. The van der Waals surface area contributed by atoms with Crippen LogP contribution in [0.25, 0.3) is 0 Å². The van der Waals surface area contributed by atoms with Crippen molar-refractivity contribution in [1.29, 1.82) is 0 Å². The van der Waals surface area contributed by atoms with Gasteiger partial charge in [-0.2, -0.15) is 0 Å². The SMILES string of the molecule is CN=C(NCCC(C)c1ccc(OC)cc1)NCCN1C(=O)CNC1=O. The highest BCUT2D eigenvalue weighted by Crippen LogP contribution is 2.21. The molecule has 0 bridgehead atoms. The Morgan fingerprint density at radius 3 is 2.54 bits per heavy atom. The van der Waals surface area contributed by atoms with Gasteiger partial charge >= 0.3 is 6.03 Å². The maximum absolute atomic E-state index is 11.5. The van der Waals surface area contributed by atoms with Gasteiger partial charge in [0.2, 0.25) is 5.91 Å². The molecule has 0 spiro atoms. The molecule has 1 fully saturated rings. The Hall–Kier alpha value is -2.77. The van der Waals surface area contributed by atoms with Gasteiger partial charge in [-0.15, -0.1) is 0 Å². The first-order chi connectivity index (χ1) is 12.5. The summed E-state index contributed by atoms with van der Waals surface area (Å²) in [7, 11) is 3.35. The number of rotatable bonds is 8. The Labute approximate surface area is 154 Å². The molecule has 1 atom stereocenters. The third-order valence-corrected chi connectivity index (χ3v) is 4.34. The monoisotopic (exact) mass is 361 g/mol. The van der Waals surface area contributed by atoms with Crippen molar-refractivity contribution in [2.75, 3.05) is 40.3 Å². The van der Waals surface area contributed by atoms with Gasteiger partial charge in [-0.05, 0) is 30.0 Å². The lowest BCUT2D eigenvalue weighted by atomic mass is 9.98. The molecule has 8 nitrogen and oxygen atoms in total. The first-order valence-corrected chi connectivity index (χ1v) is 8.71. The highest BCUT2D eigenvalue weighted by atomic mass is 16.5. The predicted octanol–water partition coefficient (Wildman–Crippen LogP) is 0.906. The molecule has 1 heterocycles. The van der Waals surface area contributed by atoms with Crippen molar-refractivity contribution in [1.82, 2.24) is 20.9 Å². The standard InChI is InChI=1S/C18H27N5O3/c1-13(14-4-6-15(26-3)7-5-14)8-9-20-17(19-2)21-10-11-23-16(24)12-22-18(23)25/h4-7,13H,8-12H2,1-3H3,(H,22,25)(H2,19,20,21). The van der Waals surface area contributed by atoms with Gasteiger partial charge in [0.15, 0.2) is 5.96 Å². The number of aliphatic imine (C=N–C) groups is 1. The lowest BCUT2D eigenvalue weighted by molar-refractivity contribution is -0.124. The molecule has 26 heavy (non-hydrogen) atoms. The van der Waals surface area contributed by atoms with Gasteiger partial charge in [0.25, 0.3) is 0 Å². The summed E-state index contributed by atoms with van der Waals surface area (Å²) in [6.45, 7) is 3.78. The van der Waals surface area contributed by atoms with Crippen molar-refractivity contribution >= 4 is 17.9 Å². The summed E-state index contributed by atoms with van der Waals surface area (Å²) in [6, 6.07) is 7.75. The van der Waals surface area contributed by atoms with Gasteiger partial charge in [0.05, 0.1) is 13.7 Å². The molecule has 3 amide bonds. The van der Waals surface area contributed by atoms with E-state index >= 15 is 0 Å². The average Bonchev–Trinajstić information content (AvgIpc) is 2.98.